The van der Waals surface area contributed by atoms with Gasteiger partial charge in [-0.15, -0.1) is 0 Å². The zero-order chi connectivity index (χ0) is 18.1. The third-order valence-electron chi connectivity index (χ3n) is 4.18. The van der Waals surface area contributed by atoms with E-state index in [4.69, 9.17) is 0 Å². The summed E-state index contributed by atoms with van der Waals surface area (Å²) in [5, 5.41) is 2.89. The molecular formula is C17H21F3N2O2. The Morgan fingerprint density at radius 3 is 2.29 bits per heavy atom. The van der Waals surface area contributed by atoms with Gasteiger partial charge in [-0.25, -0.2) is 0 Å². The molecule has 2 amide bonds. The van der Waals surface area contributed by atoms with E-state index in [1.807, 2.05) is 0 Å². The van der Waals surface area contributed by atoms with Crippen LogP contribution in [0.5, 0.6) is 0 Å². The van der Waals surface area contributed by atoms with Crippen molar-refractivity contribution in [3.8, 4) is 0 Å². The number of halogens is 3. The Morgan fingerprint density at radius 1 is 1.25 bits per heavy atom. The highest BCUT2D eigenvalue weighted by Crippen LogP contribution is 2.29. The average Bonchev–Trinajstić information content (AvgIpc) is 2.77. The molecule has 1 saturated heterocycles. The van der Waals surface area contributed by atoms with Crippen LogP contribution in [0, 0.1) is 0 Å². The van der Waals surface area contributed by atoms with Gasteiger partial charge in [-0.1, -0.05) is 12.1 Å². The molecule has 0 bridgehead atoms. The lowest BCUT2D eigenvalue weighted by Crippen LogP contribution is -2.52. The van der Waals surface area contributed by atoms with Gasteiger partial charge in [0, 0.05) is 19.0 Å². The average molecular weight is 342 g/mol. The molecule has 1 aliphatic heterocycles. The minimum atomic E-state index is -4.36. The second-order valence-corrected chi connectivity index (χ2v) is 6.80. The van der Waals surface area contributed by atoms with E-state index < -0.39 is 23.3 Å². The Kier molecular flexibility index (Phi) is 4.92. The Morgan fingerprint density at radius 2 is 1.83 bits per heavy atom. The fourth-order valence-electron chi connectivity index (χ4n) is 2.89. The Labute approximate surface area is 139 Å². The summed E-state index contributed by atoms with van der Waals surface area (Å²) < 4.78 is 37.7. The molecule has 1 fully saturated rings. The van der Waals surface area contributed by atoms with E-state index in [1.54, 1.807) is 20.9 Å². The molecule has 1 aromatic rings. The van der Waals surface area contributed by atoms with E-state index in [-0.39, 0.29) is 11.8 Å². The predicted molar refractivity (Wildman–Crippen MR) is 83.2 cm³/mol. The van der Waals surface area contributed by atoms with Gasteiger partial charge in [0.1, 0.15) is 6.04 Å². The molecule has 2 rings (SSSR count). The highest BCUT2D eigenvalue weighted by atomic mass is 19.4. The largest absolute Gasteiger partial charge is 0.416 e. The van der Waals surface area contributed by atoms with Crippen molar-refractivity contribution in [1.82, 2.24) is 10.2 Å². The summed E-state index contributed by atoms with van der Waals surface area (Å²) in [6.07, 6.45) is -3.13. The summed E-state index contributed by atoms with van der Waals surface area (Å²) >= 11 is 0. The standard InChI is InChI=1S/C17H21F3N2O2/c1-16(2,21-15(24)13-8-9-14(23)22(13)3)10-11-4-6-12(7-5-11)17(18,19)20/h4-7,13H,8-10H2,1-3H3,(H,21,24)/t13-/m1/s1. The molecule has 4 nitrogen and oxygen atoms in total. The van der Waals surface area contributed by atoms with E-state index in [0.29, 0.717) is 24.8 Å². The molecule has 1 heterocycles. The summed E-state index contributed by atoms with van der Waals surface area (Å²) in [4.78, 5) is 25.3. The maximum Gasteiger partial charge on any atom is 0.416 e. The summed E-state index contributed by atoms with van der Waals surface area (Å²) in [6, 6.07) is 4.43. The smallest absolute Gasteiger partial charge is 0.349 e. The highest BCUT2D eigenvalue weighted by Gasteiger charge is 2.35. The summed E-state index contributed by atoms with van der Waals surface area (Å²) in [7, 11) is 1.60. The molecule has 0 unspecified atom stereocenters. The van der Waals surface area contributed by atoms with Crippen molar-refractivity contribution in [2.75, 3.05) is 7.05 Å². The maximum absolute atomic E-state index is 12.6. The number of hydrogen-bond acceptors (Lipinski definition) is 2. The van der Waals surface area contributed by atoms with Crippen molar-refractivity contribution in [2.45, 2.75) is 50.9 Å². The number of hydrogen-bond donors (Lipinski definition) is 1. The molecule has 0 spiro atoms. The molecule has 0 saturated carbocycles. The van der Waals surface area contributed by atoms with Gasteiger partial charge in [0.25, 0.3) is 0 Å². The summed E-state index contributed by atoms with van der Waals surface area (Å²) in [5.41, 5.74) is -0.633. The fourth-order valence-corrected chi connectivity index (χ4v) is 2.89. The van der Waals surface area contributed by atoms with Gasteiger partial charge in [0.15, 0.2) is 0 Å². The van der Waals surface area contributed by atoms with Crippen LogP contribution in [-0.4, -0.2) is 35.3 Å². The molecule has 24 heavy (non-hydrogen) atoms. The number of rotatable bonds is 4. The topological polar surface area (TPSA) is 49.4 Å². The first-order valence-electron chi connectivity index (χ1n) is 7.73. The monoisotopic (exact) mass is 342 g/mol. The van der Waals surface area contributed by atoms with Crippen molar-refractivity contribution < 1.29 is 22.8 Å². The van der Waals surface area contributed by atoms with Crippen LogP contribution >= 0.6 is 0 Å². The zero-order valence-electron chi connectivity index (χ0n) is 13.9. The van der Waals surface area contributed by atoms with Gasteiger partial charge in [-0.3, -0.25) is 9.59 Å². The highest BCUT2D eigenvalue weighted by molar-refractivity contribution is 5.91. The van der Waals surface area contributed by atoms with Crippen LogP contribution in [0.3, 0.4) is 0 Å². The minimum Gasteiger partial charge on any atom is -0.349 e. The predicted octanol–water partition coefficient (Wildman–Crippen LogP) is 2.76. The molecule has 0 radical (unpaired) electrons. The van der Waals surface area contributed by atoms with Crippen LogP contribution in [0.2, 0.25) is 0 Å². The van der Waals surface area contributed by atoms with Crippen molar-refractivity contribution >= 4 is 11.8 Å². The Bertz CT molecular complexity index is 624. The molecule has 1 aliphatic rings. The summed E-state index contributed by atoms with van der Waals surface area (Å²) in [5.74, 6) is -0.295. The van der Waals surface area contributed by atoms with Gasteiger partial charge >= 0.3 is 6.18 Å². The Hall–Kier alpha value is -2.05. The van der Waals surface area contributed by atoms with Crippen molar-refractivity contribution in [3.63, 3.8) is 0 Å². The van der Waals surface area contributed by atoms with E-state index in [0.717, 1.165) is 12.1 Å². The van der Waals surface area contributed by atoms with Gasteiger partial charge in [-0.2, -0.15) is 13.2 Å². The number of likely N-dealkylation sites (tertiary alicyclic amines) is 1. The van der Waals surface area contributed by atoms with E-state index in [1.165, 1.54) is 17.0 Å². The van der Waals surface area contributed by atoms with Crippen LogP contribution in [0.25, 0.3) is 0 Å². The maximum atomic E-state index is 12.6. The first-order chi connectivity index (χ1) is 11.0. The van der Waals surface area contributed by atoms with Gasteiger partial charge in [-0.05, 0) is 44.4 Å². The van der Waals surface area contributed by atoms with E-state index >= 15 is 0 Å². The number of nitrogens with one attached hydrogen (secondary N) is 1. The number of amides is 2. The zero-order valence-corrected chi connectivity index (χ0v) is 13.9. The van der Waals surface area contributed by atoms with E-state index in [9.17, 15) is 22.8 Å². The number of carbonyl (C=O) groups is 2. The van der Waals surface area contributed by atoms with Crippen LogP contribution in [0.1, 0.15) is 37.8 Å². The normalized spacial score (nSPS) is 18.8. The van der Waals surface area contributed by atoms with Crippen LogP contribution in [0.15, 0.2) is 24.3 Å². The molecular weight excluding hydrogens is 321 g/mol. The third-order valence-corrected chi connectivity index (χ3v) is 4.18. The van der Waals surface area contributed by atoms with E-state index in [2.05, 4.69) is 5.32 Å². The van der Waals surface area contributed by atoms with Crippen molar-refractivity contribution in [3.05, 3.63) is 35.4 Å². The van der Waals surface area contributed by atoms with Crippen LogP contribution < -0.4 is 5.32 Å². The lowest BCUT2D eigenvalue weighted by Gasteiger charge is -2.30. The van der Waals surface area contributed by atoms with Crippen molar-refractivity contribution in [1.29, 1.82) is 0 Å². The lowest BCUT2D eigenvalue weighted by molar-refractivity contribution is -0.137. The number of likely N-dealkylation sites (N-methyl/N-ethyl adjacent to an activating group) is 1. The van der Waals surface area contributed by atoms with Gasteiger partial charge < -0.3 is 10.2 Å². The number of alkyl halides is 3. The lowest BCUT2D eigenvalue weighted by atomic mass is 9.93. The SMILES string of the molecule is CN1C(=O)CC[C@@H]1C(=O)NC(C)(C)Cc1ccc(C(F)(F)F)cc1. The molecule has 0 aromatic heterocycles. The number of nitrogens with zero attached hydrogens (tertiary/aromatic N) is 1. The minimum absolute atomic E-state index is 0.0595. The van der Waals surface area contributed by atoms with Crippen LogP contribution in [-0.2, 0) is 22.2 Å². The fraction of sp³-hybridized carbons (Fsp3) is 0.529. The third kappa shape index (κ3) is 4.27. The van der Waals surface area contributed by atoms with Gasteiger partial charge in [0.2, 0.25) is 11.8 Å². The summed E-state index contributed by atoms with van der Waals surface area (Å²) in [6.45, 7) is 3.61. The number of carbonyl (C=O) groups excluding carboxylic acids is 2. The molecule has 1 atom stereocenters. The second kappa shape index (κ2) is 6.45. The first-order valence-corrected chi connectivity index (χ1v) is 7.73. The van der Waals surface area contributed by atoms with Crippen LogP contribution in [0.4, 0.5) is 13.2 Å². The quantitative estimate of drug-likeness (QED) is 0.915. The molecule has 1 N–H and O–H groups in total. The second-order valence-electron chi connectivity index (χ2n) is 6.80. The Balaban J connectivity index is 2.00. The number of benzene rings is 1. The van der Waals surface area contributed by atoms with Gasteiger partial charge in [0.05, 0.1) is 5.56 Å². The molecule has 0 aliphatic carbocycles. The molecule has 132 valence electrons. The van der Waals surface area contributed by atoms with Crippen molar-refractivity contribution in [2.24, 2.45) is 0 Å². The molecule has 7 heteroatoms. The molecule has 1 aromatic carbocycles. The first kappa shape index (κ1) is 18.3.